The van der Waals surface area contributed by atoms with Crippen LogP contribution in [0.1, 0.15) is 52.9 Å². The van der Waals surface area contributed by atoms with Crippen molar-refractivity contribution in [1.82, 2.24) is 10.6 Å². The lowest BCUT2D eigenvalue weighted by Gasteiger charge is -2.26. The number of rotatable bonds is 11. The number of hydrogen-bond acceptors (Lipinski definition) is 3. The summed E-state index contributed by atoms with van der Waals surface area (Å²) in [5, 5.41) is 17.0. The van der Waals surface area contributed by atoms with Gasteiger partial charge in [-0.25, -0.2) is 0 Å². The van der Waals surface area contributed by atoms with E-state index in [-0.39, 0.29) is 24.0 Å². The third-order valence-corrected chi connectivity index (χ3v) is 3.12. The Morgan fingerprint density at radius 3 is 2.24 bits per heavy atom. The molecule has 3 N–H and O–H groups in total. The number of hydrogen-bond donors (Lipinski definition) is 3. The Morgan fingerprint density at radius 1 is 1.14 bits per heavy atom. The number of ether oxygens (including phenoxy) is 1. The first-order valence-electron chi connectivity index (χ1n) is 7.85. The quantitative estimate of drug-likeness (QED) is 0.210. The van der Waals surface area contributed by atoms with Gasteiger partial charge in [-0.1, -0.05) is 26.7 Å². The maximum absolute atomic E-state index is 10.6. The molecule has 0 aliphatic heterocycles. The van der Waals surface area contributed by atoms with E-state index in [1.165, 1.54) is 0 Å². The van der Waals surface area contributed by atoms with Gasteiger partial charge in [0.25, 0.3) is 0 Å². The largest absolute Gasteiger partial charge is 0.388 e. The summed E-state index contributed by atoms with van der Waals surface area (Å²) in [6.45, 7) is 9.06. The predicted molar refractivity (Wildman–Crippen MR) is 101 cm³/mol. The van der Waals surface area contributed by atoms with Gasteiger partial charge in [0.15, 0.2) is 5.96 Å². The van der Waals surface area contributed by atoms with E-state index in [4.69, 9.17) is 4.74 Å². The first kappa shape index (κ1) is 23.2. The maximum atomic E-state index is 10.6. The molecule has 0 saturated heterocycles. The molecule has 0 spiro atoms. The Morgan fingerprint density at radius 2 is 1.76 bits per heavy atom. The van der Waals surface area contributed by atoms with Crippen LogP contribution >= 0.6 is 24.0 Å². The zero-order valence-electron chi connectivity index (χ0n) is 14.1. The molecule has 0 fully saturated rings. The van der Waals surface area contributed by atoms with Crippen LogP contribution in [0.3, 0.4) is 0 Å². The average Bonchev–Trinajstić information content (AvgIpc) is 2.41. The van der Waals surface area contributed by atoms with Gasteiger partial charge in [-0.3, -0.25) is 4.99 Å². The SMILES string of the molecule is CCCC(O)(CCC)CN=C(NCC)NCCCOC.I. The molecule has 0 unspecified atom stereocenters. The first-order chi connectivity index (χ1) is 9.61. The molecule has 0 aromatic carbocycles. The van der Waals surface area contributed by atoms with E-state index < -0.39 is 5.60 Å². The minimum absolute atomic E-state index is 0. The fourth-order valence-electron chi connectivity index (χ4n) is 2.21. The zero-order valence-corrected chi connectivity index (χ0v) is 16.4. The molecule has 0 bridgehead atoms. The van der Waals surface area contributed by atoms with Crippen molar-refractivity contribution >= 4 is 29.9 Å². The van der Waals surface area contributed by atoms with Crippen LogP contribution in [-0.4, -0.2) is 50.0 Å². The summed E-state index contributed by atoms with van der Waals surface area (Å²) in [5.41, 5.74) is -0.668. The molecule has 0 aliphatic rings. The fraction of sp³-hybridized carbons (Fsp3) is 0.933. The summed E-state index contributed by atoms with van der Waals surface area (Å²) in [5.74, 6) is 0.772. The molecule has 128 valence electrons. The summed E-state index contributed by atoms with van der Waals surface area (Å²) < 4.78 is 5.02. The van der Waals surface area contributed by atoms with Gasteiger partial charge < -0.3 is 20.5 Å². The monoisotopic (exact) mass is 415 g/mol. The van der Waals surface area contributed by atoms with E-state index >= 15 is 0 Å². The molecule has 0 rings (SSSR count). The third kappa shape index (κ3) is 12.2. The Labute approximate surface area is 147 Å². The molecule has 0 aromatic rings. The lowest BCUT2D eigenvalue weighted by Crippen LogP contribution is -2.40. The Balaban J connectivity index is 0. The molecule has 6 heteroatoms. The smallest absolute Gasteiger partial charge is 0.191 e. The van der Waals surface area contributed by atoms with E-state index in [1.807, 2.05) is 6.92 Å². The number of aliphatic hydroxyl groups is 1. The van der Waals surface area contributed by atoms with Crippen LogP contribution < -0.4 is 10.6 Å². The van der Waals surface area contributed by atoms with Crippen LogP contribution in [0, 0.1) is 0 Å². The van der Waals surface area contributed by atoms with Crippen LogP contribution in [0.2, 0.25) is 0 Å². The van der Waals surface area contributed by atoms with Gasteiger partial charge in [-0.2, -0.15) is 0 Å². The van der Waals surface area contributed by atoms with E-state index in [0.717, 1.165) is 57.8 Å². The van der Waals surface area contributed by atoms with Crippen molar-refractivity contribution < 1.29 is 9.84 Å². The van der Waals surface area contributed by atoms with Gasteiger partial charge in [0.2, 0.25) is 0 Å². The minimum atomic E-state index is -0.668. The van der Waals surface area contributed by atoms with Gasteiger partial charge in [0, 0.05) is 26.8 Å². The normalized spacial score (nSPS) is 12.0. The molecular formula is C15H34IN3O2. The van der Waals surface area contributed by atoms with Gasteiger partial charge in [0.1, 0.15) is 0 Å². The second kappa shape index (κ2) is 14.8. The van der Waals surface area contributed by atoms with Gasteiger partial charge in [-0.15, -0.1) is 24.0 Å². The number of halogens is 1. The highest BCUT2D eigenvalue weighted by atomic mass is 127. The highest BCUT2D eigenvalue weighted by Crippen LogP contribution is 2.19. The van der Waals surface area contributed by atoms with Crippen molar-refractivity contribution in [3.05, 3.63) is 0 Å². The van der Waals surface area contributed by atoms with Crippen molar-refractivity contribution in [3.8, 4) is 0 Å². The van der Waals surface area contributed by atoms with E-state index in [2.05, 4.69) is 29.5 Å². The zero-order chi connectivity index (χ0) is 15.3. The van der Waals surface area contributed by atoms with Gasteiger partial charge in [-0.05, 0) is 26.2 Å². The molecule has 0 aliphatic carbocycles. The van der Waals surface area contributed by atoms with Crippen LogP contribution in [0.4, 0.5) is 0 Å². The number of aliphatic imine (C=N–C) groups is 1. The lowest BCUT2D eigenvalue weighted by molar-refractivity contribution is 0.0306. The van der Waals surface area contributed by atoms with Crippen LogP contribution in [-0.2, 0) is 4.74 Å². The minimum Gasteiger partial charge on any atom is -0.388 e. The molecule has 21 heavy (non-hydrogen) atoms. The summed E-state index contributed by atoms with van der Waals surface area (Å²) >= 11 is 0. The third-order valence-electron chi connectivity index (χ3n) is 3.12. The Hall–Kier alpha value is -0.0800. The lowest BCUT2D eigenvalue weighted by atomic mass is 9.93. The average molecular weight is 415 g/mol. The van der Waals surface area contributed by atoms with Crippen LogP contribution in [0.5, 0.6) is 0 Å². The summed E-state index contributed by atoms with van der Waals surface area (Å²) in [6, 6.07) is 0. The highest BCUT2D eigenvalue weighted by Gasteiger charge is 2.24. The molecule has 0 aromatic heterocycles. The van der Waals surface area contributed by atoms with Gasteiger partial charge in [0.05, 0.1) is 12.1 Å². The van der Waals surface area contributed by atoms with Crippen LogP contribution in [0.25, 0.3) is 0 Å². The summed E-state index contributed by atoms with van der Waals surface area (Å²) in [6.07, 6.45) is 4.49. The van der Waals surface area contributed by atoms with Crippen molar-refractivity contribution in [2.75, 3.05) is 33.4 Å². The molecule has 0 radical (unpaired) electrons. The highest BCUT2D eigenvalue weighted by molar-refractivity contribution is 14.0. The number of methoxy groups -OCH3 is 1. The van der Waals surface area contributed by atoms with Gasteiger partial charge >= 0.3 is 0 Å². The second-order valence-electron chi connectivity index (χ2n) is 5.19. The number of nitrogens with zero attached hydrogens (tertiary/aromatic N) is 1. The summed E-state index contributed by atoms with van der Waals surface area (Å²) in [7, 11) is 1.70. The molecule has 0 atom stereocenters. The molecule has 0 heterocycles. The number of guanidine groups is 1. The first-order valence-corrected chi connectivity index (χ1v) is 7.85. The van der Waals surface area contributed by atoms with Crippen molar-refractivity contribution in [2.24, 2.45) is 4.99 Å². The van der Waals surface area contributed by atoms with Crippen molar-refractivity contribution in [3.63, 3.8) is 0 Å². The molecule has 0 amide bonds. The molecule has 0 saturated carbocycles. The van der Waals surface area contributed by atoms with E-state index in [1.54, 1.807) is 7.11 Å². The van der Waals surface area contributed by atoms with Crippen LogP contribution in [0.15, 0.2) is 4.99 Å². The maximum Gasteiger partial charge on any atom is 0.191 e. The fourth-order valence-corrected chi connectivity index (χ4v) is 2.21. The van der Waals surface area contributed by atoms with E-state index in [9.17, 15) is 5.11 Å². The Bertz CT molecular complexity index is 257. The molecule has 5 nitrogen and oxygen atoms in total. The predicted octanol–water partition coefficient (Wildman–Crippen LogP) is 2.53. The van der Waals surface area contributed by atoms with Crippen molar-refractivity contribution in [1.29, 1.82) is 0 Å². The van der Waals surface area contributed by atoms with Crippen molar-refractivity contribution in [2.45, 2.75) is 58.5 Å². The number of nitrogens with one attached hydrogen (secondary N) is 2. The topological polar surface area (TPSA) is 65.9 Å². The van der Waals surface area contributed by atoms with E-state index in [0.29, 0.717) is 6.54 Å². The second-order valence-corrected chi connectivity index (χ2v) is 5.19. The Kier molecular flexibility index (Phi) is 16.4. The molecular weight excluding hydrogens is 381 g/mol. The summed E-state index contributed by atoms with van der Waals surface area (Å²) in [4.78, 5) is 4.52. The standard InChI is InChI=1S/C15H33N3O2.HI/c1-5-9-15(19,10-6-2)13-18-14(16-7-3)17-11-8-12-20-4;/h19H,5-13H2,1-4H3,(H2,16,17,18);1H.